The van der Waals surface area contributed by atoms with Crippen LogP contribution < -0.4 is 5.32 Å². The molecule has 0 aromatic carbocycles. The SMILES string of the molecule is CCCCCCCN(CCCO)C(=O)C1CC(C)CCN1. The fourth-order valence-corrected chi connectivity index (χ4v) is 3.02. The molecule has 1 fully saturated rings. The molecule has 21 heavy (non-hydrogen) atoms. The topological polar surface area (TPSA) is 52.6 Å². The van der Waals surface area contributed by atoms with Crippen molar-refractivity contribution in [2.45, 2.75) is 71.3 Å². The van der Waals surface area contributed by atoms with E-state index in [1.54, 1.807) is 0 Å². The number of hydrogen-bond acceptors (Lipinski definition) is 3. The van der Waals surface area contributed by atoms with Gasteiger partial charge in [-0.3, -0.25) is 4.79 Å². The highest BCUT2D eigenvalue weighted by atomic mass is 16.3. The number of piperidine rings is 1. The van der Waals surface area contributed by atoms with Crippen LogP contribution >= 0.6 is 0 Å². The van der Waals surface area contributed by atoms with Gasteiger partial charge in [-0.2, -0.15) is 0 Å². The van der Waals surface area contributed by atoms with Crippen molar-refractivity contribution >= 4 is 5.91 Å². The second kappa shape index (κ2) is 11.0. The van der Waals surface area contributed by atoms with Gasteiger partial charge in [-0.15, -0.1) is 0 Å². The Kier molecular flexibility index (Phi) is 9.68. The van der Waals surface area contributed by atoms with Gasteiger partial charge in [-0.05, 0) is 38.1 Å². The zero-order chi connectivity index (χ0) is 15.5. The summed E-state index contributed by atoms with van der Waals surface area (Å²) in [7, 11) is 0. The molecule has 0 aliphatic carbocycles. The van der Waals surface area contributed by atoms with Crippen LogP contribution in [0.4, 0.5) is 0 Å². The van der Waals surface area contributed by atoms with Crippen LogP contribution in [0.3, 0.4) is 0 Å². The minimum atomic E-state index is -0.0110. The molecule has 0 bridgehead atoms. The van der Waals surface area contributed by atoms with E-state index in [4.69, 9.17) is 5.11 Å². The minimum Gasteiger partial charge on any atom is -0.396 e. The molecule has 1 heterocycles. The van der Waals surface area contributed by atoms with Crippen LogP contribution in [0.25, 0.3) is 0 Å². The molecule has 124 valence electrons. The molecule has 2 unspecified atom stereocenters. The van der Waals surface area contributed by atoms with Crippen molar-refractivity contribution in [3.8, 4) is 0 Å². The smallest absolute Gasteiger partial charge is 0.239 e. The summed E-state index contributed by atoms with van der Waals surface area (Å²) in [5, 5.41) is 12.4. The van der Waals surface area contributed by atoms with Gasteiger partial charge in [-0.1, -0.05) is 39.5 Å². The first-order chi connectivity index (χ1) is 10.2. The number of aliphatic hydroxyl groups excluding tert-OH is 1. The lowest BCUT2D eigenvalue weighted by Gasteiger charge is -2.32. The van der Waals surface area contributed by atoms with Gasteiger partial charge in [0.25, 0.3) is 0 Å². The monoisotopic (exact) mass is 298 g/mol. The van der Waals surface area contributed by atoms with Gasteiger partial charge in [0.1, 0.15) is 0 Å². The Hall–Kier alpha value is -0.610. The number of carbonyl (C=O) groups excluding carboxylic acids is 1. The molecular weight excluding hydrogens is 264 g/mol. The first kappa shape index (κ1) is 18.4. The van der Waals surface area contributed by atoms with Crippen molar-refractivity contribution in [3.05, 3.63) is 0 Å². The van der Waals surface area contributed by atoms with E-state index in [0.717, 1.165) is 32.4 Å². The summed E-state index contributed by atoms with van der Waals surface area (Å²) in [6.45, 7) is 7.08. The Morgan fingerprint density at radius 1 is 1.19 bits per heavy atom. The third-order valence-corrected chi connectivity index (χ3v) is 4.39. The summed E-state index contributed by atoms with van der Waals surface area (Å²) >= 11 is 0. The van der Waals surface area contributed by atoms with Crippen molar-refractivity contribution in [1.82, 2.24) is 10.2 Å². The fraction of sp³-hybridized carbons (Fsp3) is 0.941. The van der Waals surface area contributed by atoms with Crippen molar-refractivity contribution in [2.24, 2.45) is 5.92 Å². The Labute approximate surface area is 130 Å². The van der Waals surface area contributed by atoms with Crippen LogP contribution in [0.2, 0.25) is 0 Å². The van der Waals surface area contributed by atoms with Crippen molar-refractivity contribution in [2.75, 3.05) is 26.2 Å². The number of carbonyl (C=O) groups is 1. The third kappa shape index (κ3) is 7.28. The molecular formula is C17H34N2O2. The number of rotatable bonds is 10. The van der Waals surface area contributed by atoms with E-state index in [-0.39, 0.29) is 18.6 Å². The second-order valence-electron chi connectivity index (χ2n) is 6.45. The molecule has 1 rings (SSSR count). The normalized spacial score (nSPS) is 22.2. The lowest BCUT2D eigenvalue weighted by Crippen LogP contribution is -2.50. The van der Waals surface area contributed by atoms with Crippen LogP contribution in [-0.4, -0.2) is 48.2 Å². The third-order valence-electron chi connectivity index (χ3n) is 4.39. The summed E-state index contributed by atoms with van der Waals surface area (Å²) in [4.78, 5) is 14.6. The van der Waals surface area contributed by atoms with E-state index in [1.807, 2.05) is 4.90 Å². The maximum atomic E-state index is 12.7. The fourth-order valence-electron chi connectivity index (χ4n) is 3.02. The summed E-state index contributed by atoms with van der Waals surface area (Å²) in [5.74, 6) is 0.870. The molecule has 4 heteroatoms. The van der Waals surface area contributed by atoms with Crippen molar-refractivity contribution in [1.29, 1.82) is 0 Å². The lowest BCUT2D eigenvalue weighted by atomic mass is 9.93. The number of nitrogens with one attached hydrogen (secondary N) is 1. The van der Waals surface area contributed by atoms with Crippen molar-refractivity contribution < 1.29 is 9.90 Å². The highest BCUT2D eigenvalue weighted by Crippen LogP contribution is 2.17. The molecule has 4 nitrogen and oxygen atoms in total. The van der Waals surface area contributed by atoms with E-state index >= 15 is 0 Å². The van der Waals surface area contributed by atoms with Crippen LogP contribution in [0, 0.1) is 5.92 Å². The Morgan fingerprint density at radius 3 is 2.57 bits per heavy atom. The molecule has 0 aromatic rings. The van der Waals surface area contributed by atoms with Crippen LogP contribution in [-0.2, 0) is 4.79 Å². The highest BCUT2D eigenvalue weighted by molar-refractivity contribution is 5.82. The molecule has 0 saturated carbocycles. The average molecular weight is 298 g/mol. The number of unbranched alkanes of at least 4 members (excludes halogenated alkanes) is 4. The minimum absolute atomic E-state index is 0.0110. The van der Waals surface area contributed by atoms with E-state index in [9.17, 15) is 4.79 Å². The van der Waals surface area contributed by atoms with Gasteiger partial charge in [0.2, 0.25) is 5.91 Å². The summed E-state index contributed by atoms with van der Waals surface area (Å²) in [5.41, 5.74) is 0. The first-order valence-electron chi connectivity index (χ1n) is 8.82. The zero-order valence-corrected chi connectivity index (χ0v) is 13.9. The maximum absolute atomic E-state index is 12.7. The quantitative estimate of drug-likeness (QED) is 0.609. The van der Waals surface area contributed by atoms with Crippen LogP contribution in [0.15, 0.2) is 0 Å². The van der Waals surface area contributed by atoms with Gasteiger partial charge in [0, 0.05) is 19.7 Å². The van der Waals surface area contributed by atoms with Crippen LogP contribution in [0.5, 0.6) is 0 Å². The first-order valence-corrected chi connectivity index (χ1v) is 8.82. The zero-order valence-electron chi connectivity index (χ0n) is 13.9. The van der Waals surface area contributed by atoms with Crippen LogP contribution in [0.1, 0.15) is 65.2 Å². The molecule has 0 radical (unpaired) electrons. The summed E-state index contributed by atoms with van der Waals surface area (Å²) in [6.07, 6.45) is 8.87. The summed E-state index contributed by atoms with van der Waals surface area (Å²) in [6, 6.07) is -0.0110. The molecule has 0 aromatic heterocycles. The van der Waals surface area contributed by atoms with Gasteiger partial charge in [0.15, 0.2) is 0 Å². The van der Waals surface area contributed by atoms with Crippen molar-refractivity contribution in [3.63, 3.8) is 0 Å². The predicted octanol–water partition coefficient (Wildman–Crippen LogP) is 2.56. The lowest BCUT2D eigenvalue weighted by molar-refractivity contribution is -0.134. The van der Waals surface area contributed by atoms with E-state index < -0.39 is 0 Å². The number of aliphatic hydroxyl groups is 1. The molecule has 2 atom stereocenters. The summed E-state index contributed by atoms with van der Waals surface area (Å²) < 4.78 is 0. The Bertz CT molecular complexity index is 284. The van der Waals surface area contributed by atoms with Gasteiger partial charge in [0.05, 0.1) is 6.04 Å². The van der Waals surface area contributed by atoms with E-state index in [2.05, 4.69) is 19.2 Å². The molecule has 1 aliphatic heterocycles. The molecule has 0 spiro atoms. The Morgan fingerprint density at radius 2 is 1.90 bits per heavy atom. The highest BCUT2D eigenvalue weighted by Gasteiger charge is 2.27. The standard InChI is InChI=1S/C17H34N2O2/c1-3-4-5-6-7-11-19(12-8-13-20)17(21)16-14-15(2)9-10-18-16/h15-16,18,20H,3-14H2,1-2H3. The van der Waals surface area contributed by atoms with Gasteiger partial charge < -0.3 is 15.3 Å². The predicted molar refractivity (Wildman–Crippen MR) is 87.2 cm³/mol. The van der Waals surface area contributed by atoms with Gasteiger partial charge in [-0.25, -0.2) is 0 Å². The molecule has 1 saturated heterocycles. The average Bonchev–Trinajstić information content (AvgIpc) is 2.49. The molecule has 1 amide bonds. The number of nitrogens with zero attached hydrogens (tertiary/aromatic N) is 1. The van der Waals surface area contributed by atoms with E-state index in [1.165, 1.54) is 25.7 Å². The molecule has 1 aliphatic rings. The number of amides is 1. The van der Waals surface area contributed by atoms with Gasteiger partial charge >= 0.3 is 0 Å². The maximum Gasteiger partial charge on any atom is 0.239 e. The van der Waals surface area contributed by atoms with E-state index in [0.29, 0.717) is 18.9 Å². The second-order valence-corrected chi connectivity index (χ2v) is 6.45. The Balaban J connectivity index is 2.40. The molecule has 2 N–H and O–H groups in total. The number of hydrogen-bond donors (Lipinski definition) is 2. The largest absolute Gasteiger partial charge is 0.396 e.